The van der Waals surface area contributed by atoms with Gasteiger partial charge in [0.15, 0.2) is 0 Å². The van der Waals surface area contributed by atoms with Gasteiger partial charge in [-0.3, -0.25) is 4.72 Å². The van der Waals surface area contributed by atoms with E-state index in [4.69, 9.17) is 0 Å². The molecule has 3 rings (SSSR count). The highest BCUT2D eigenvalue weighted by Gasteiger charge is 2.28. The lowest BCUT2D eigenvalue weighted by Crippen LogP contribution is -2.25. The fraction of sp³-hybridized carbons (Fsp3) is 0.222. The summed E-state index contributed by atoms with van der Waals surface area (Å²) in [6.45, 7) is 1.95. The van der Waals surface area contributed by atoms with Gasteiger partial charge >= 0.3 is 0 Å². The van der Waals surface area contributed by atoms with E-state index in [0.29, 0.717) is 0 Å². The van der Waals surface area contributed by atoms with Crippen LogP contribution in [0.4, 0.5) is 5.69 Å². The fourth-order valence-electron chi connectivity index (χ4n) is 2.26. The van der Waals surface area contributed by atoms with Crippen molar-refractivity contribution in [3.8, 4) is 0 Å². The number of nitrogens with one attached hydrogen (secondary N) is 2. The van der Waals surface area contributed by atoms with Gasteiger partial charge in [0, 0.05) is 6.04 Å². The molecular weight excluding hydrogens is 372 g/mol. The second-order valence-corrected chi connectivity index (χ2v) is 9.56. The summed E-state index contributed by atoms with van der Waals surface area (Å²) in [5.41, 5.74) is 2.03. The van der Waals surface area contributed by atoms with Crippen LogP contribution in [0.1, 0.15) is 24.0 Å². The maximum Gasteiger partial charge on any atom is 0.255 e. The van der Waals surface area contributed by atoms with Crippen molar-refractivity contribution in [1.29, 1.82) is 0 Å². The summed E-state index contributed by atoms with van der Waals surface area (Å²) < 4.78 is 53.9. The van der Waals surface area contributed by atoms with Gasteiger partial charge in [-0.15, -0.1) is 0 Å². The molecule has 2 aromatic carbocycles. The molecule has 2 aromatic rings. The van der Waals surface area contributed by atoms with Gasteiger partial charge in [-0.05, 0) is 49.6 Å². The third kappa shape index (κ3) is 5.17. The Morgan fingerprint density at radius 3 is 2.35 bits per heavy atom. The summed E-state index contributed by atoms with van der Waals surface area (Å²) in [5, 5.41) is 1.06. The first-order valence-corrected chi connectivity index (χ1v) is 11.2. The van der Waals surface area contributed by atoms with E-state index in [0.717, 1.165) is 29.4 Å². The summed E-state index contributed by atoms with van der Waals surface area (Å²) in [7, 11) is -7.40. The fourth-order valence-corrected chi connectivity index (χ4v) is 4.47. The number of sulfonamides is 2. The van der Waals surface area contributed by atoms with Crippen LogP contribution >= 0.6 is 0 Å². The van der Waals surface area contributed by atoms with Crippen LogP contribution in [0.15, 0.2) is 58.8 Å². The predicted molar refractivity (Wildman–Crippen MR) is 103 cm³/mol. The molecule has 6 nitrogen and oxygen atoms in total. The number of benzene rings is 2. The van der Waals surface area contributed by atoms with E-state index >= 15 is 0 Å². The molecule has 1 aliphatic rings. The quantitative estimate of drug-likeness (QED) is 0.758. The Balaban J connectivity index is 1.75. The molecule has 0 amide bonds. The SMILES string of the molecule is Cc1ccc(C=CS(=O)(=O)Nc2cccc(S(=O)(=O)NC3CC3)c2)cc1. The molecule has 0 unspecified atom stereocenters. The van der Waals surface area contributed by atoms with Crippen LogP contribution in [-0.2, 0) is 20.0 Å². The van der Waals surface area contributed by atoms with Crippen LogP contribution in [0.25, 0.3) is 6.08 Å². The van der Waals surface area contributed by atoms with E-state index in [-0.39, 0.29) is 16.6 Å². The van der Waals surface area contributed by atoms with Gasteiger partial charge in [0.2, 0.25) is 10.0 Å². The maximum absolute atomic E-state index is 12.2. The standard InChI is InChI=1S/C18H20N2O4S2/c1-14-5-7-15(8-6-14)11-12-25(21,22)19-17-3-2-4-18(13-17)26(23,24)20-16-9-10-16/h2-8,11-13,16,19-20H,9-10H2,1H3. The van der Waals surface area contributed by atoms with Crippen molar-refractivity contribution in [2.45, 2.75) is 30.7 Å². The van der Waals surface area contributed by atoms with E-state index < -0.39 is 20.0 Å². The van der Waals surface area contributed by atoms with Crippen molar-refractivity contribution in [1.82, 2.24) is 4.72 Å². The van der Waals surface area contributed by atoms with Gasteiger partial charge in [0.05, 0.1) is 16.0 Å². The molecule has 8 heteroatoms. The van der Waals surface area contributed by atoms with Crippen molar-refractivity contribution in [2.75, 3.05) is 4.72 Å². The molecule has 138 valence electrons. The van der Waals surface area contributed by atoms with E-state index in [1.807, 2.05) is 31.2 Å². The van der Waals surface area contributed by atoms with E-state index in [9.17, 15) is 16.8 Å². The van der Waals surface area contributed by atoms with Crippen molar-refractivity contribution < 1.29 is 16.8 Å². The highest BCUT2D eigenvalue weighted by atomic mass is 32.2. The Morgan fingerprint density at radius 1 is 1.00 bits per heavy atom. The lowest BCUT2D eigenvalue weighted by Gasteiger charge is -2.08. The zero-order chi connectivity index (χ0) is 18.8. The van der Waals surface area contributed by atoms with Crippen LogP contribution in [0.3, 0.4) is 0 Å². The van der Waals surface area contributed by atoms with E-state index in [2.05, 4.69) is 9.44 Å². The molecule has 0 heterocycles. The third-order valence-electron chi connectivity index (χ3n) is 3.82. The summed E-state index contributed by atoms with van der Waals surface area (Å²) in [6.07, 6.45) is 3.14. The monoisotopic (exact) mass is 392 g/mol. The summed E-state index contributed by atoms with van der Waals surface area (Å²) in [5.74, 6) is 0. The highest BCUT2D eigenvalue weighted by Crippen LogP contribution is 2.23. The Labute approximate surface area is 154 Å². The topological polar surface area (TPSA) is 92.3 Å². The predicted octanol–water partition coefficient (Wildman–Crippen LogP) is 2.85. The second kappa shape index (κ2) is 7.22. The van der Waals surface area contributed by atoms with Crippen molar-refractivity contribution >= 4 is 31.8 Å². The lowest BCUT2D eigenvalue weighted by molar-refractivity contribution is 0.581. The molecule has 1 aliphatic carbocycles. The number of anilines is 1. The first kappa shape index (κ1) is 18.6. The molecule has 1 fully saturated rings. The first-order chi connectivity index (χ1) is 12.2. The van der Waals surface area contributed by atoms with Crippen molar-refractivity contribution in [2.24, 2.45) is 0 Å². The lowest BCUT2D eigenvalue weighted by atomic mass is 10.2. The molecule has 1 saturated carbocycles. The number of rotatable bonds is 7. The van der Waals surface area contributed by atoms with Crippen LogP contribution < -0.4 is 9.44 Å². The first-order valence-electron chi connectivity index (χ1n) is 8.13. The highest BCUT2D eigenvalue weighted by molar-refractivity contribution is 7.95. The maximum atomic E-state index is 12.2. The summed E-state index contributed by atoms with van der Waals surface area (Å²) in [6, 6.07) is 13.2. The second-order valence-electron chi connectivity index (χ2n) is 6.28. The van der Waals surface area contributed by atoms with Crippen molar-refractivity contribution in [3.63, 3.8) is 0 Å². The van der Waals surface area contributed by atoms with Crippen LogP contribution in [-0.4, -0.2) is 22.9 Å². The molecule has 0 saturated heterocycles. The van der Waals surface area contributed by atoms with Crippen LogP contribution in [0.5, 0.6) is 0 Å². The molecule has 0 radical (unpaired) electrons. The largest absolute Gasteiger partial charge is 0.280 e. The molecule has 0 spiro atoms. The molecule has 0 aliphatic heterocycles. The Hall–Kier alpha value is -2.16. The average molecular weight is 393 g/mol. The Bertz CT molecular complexity index is 1020. The number of hydrogen-bond donors (Lipinski definition) is 2. The average Bonchev–Trinajstić information content (AvgIpc) is 3.37. The van der Waals surface area contributed by atoms with Gasteiger partial charge in [0.25, 0.3) is 10.0 Å². The van der Waals surface area contributed by atoms with Gasteiger partial charge in [-0.2, -0.15) is 0 Å². The number of aryl methyl sites for hydroxylation is 1. The Kier molecular flexibility index (Phi) is 5.17. The minimum Gasteiger partial charge on any atom is -0.280 e. The zero-order valence-electron chi connectivity index (χ0n) is 14.2. The normalized spacial score (nSPS) is 15.3. The molecule has 2 N–H and O–H groups in total. The minimum atomic E-state index is -3.76. The van der Waals surface area contributed by atoms with Gasteiger partial charge in [-0.1, -0.05) is 35.9 Å². The number of hydrogen-bond acceptors (Lipinski definition) is 4. The van der Waals surface area contributed by atoms with Crippen LogP contribution in [0, 0.1) is 6.92 Å². The molecule has 26 heavy (non-hydrogen) atoms. The third-order valence-corrected chi connectivity index (χ3v) is 6.35. The Morgan fingerprint density at radius 2 is 1.69 bits per heavy atom. The van der Waals surface area contributed by atoms with Crippen molar-refractivity contribution in [3.05, 3.63) is 65.1 Å². The zero-order valence-corrected chi connectivity index (χ0v) is 15.8. The van der Waals surface area contributed by atoms with Gasteiger partial charge in [-0.25, -0.2) is 21.6 Å². The molecular formula is C18H20N2O4S2. The summed E-state index contributed by atoms with van der Waals surface area (Å²) >= 11 is 0. The van der Waals surface area contributed by atoms with E-state index in [1.54, 1.807) is 0 Å². The van der Waals surface area contributed by atoms with Gasteiger partial charge < -0.3 is 0 Å². The van der Waals surface area contributed by atoms with E-state index in [1.165, 1.54) is 30.3 Å². The molecule has 0 atom stereocenters. The molecule has 0 aromatic heterocycles. The molecule has 0 bridgehead atoms. The summed E-state index contributed by atoms with van der Waals surface area (Å²) in [4.78, 5) is 0.0344. The minimum absolute atomic E-state index is 0.0159. The van der Waals surface area contributed by atoms with Gasteiger partial charge in [0.1, 0.15) is 0 Å². The smallest absolute Gasteiger partial charge is 0.255 e. The van der Waals surface area contributed by atoms with Crippen LogP contribution in [0.2, 0.25) is 0 Å².